The Morgan fingerprint density at radius 3 is 2.95 bits per heavy atom. The van der Waals surface area contributed by atoms with E-state index < -0.39 is 5.79 Å². The molecule has 20 heavy (non-hydrogen) atoms. The molecule has 2 aliphatic rings. The zero-order chi connectivity index (χ0) is 14.3. The van der Waals surface area contributed by atoms with Gasteiger partial charge in [0.05, 0.1) is 13.2 Å². The third-order valence-electron chi connectivity index (χ3n) is 3.48. The van der Waals surface area contributed by atoms with E-state index in [-0.39, 0.29) is 24.1 Å². The molecule has 0 radical (unpaired) electrons. The minimum absolute atomic E-state index is 0.202. The lowest BCUT2D eigenvalue weighted by Gasteiger charge is -2.24. The normalized spacial score (nSPS) is 32.2. The lowest BCUT2D eigenvalue weighted by Crippen LogP contribution is -2.39. The molecule has 1 aromatic rings. The highest BCUT2D eigenvalue weighted by molar-refractivity contribution is 5.35. The number of rotatable bonds is 1. The fraction of sp³-hybridized carbons (Fsp3) is 0.692. The van der Waals surface area contributed by atoms with E-state index in [2.05, 4.69) is 10.3 Å². The van der Waals surface area contributed by atoms with Gasteiger partial charge in [-0.15, -0.1) is 0 Å². The fourth-order valence-electron chi connectivity index (χ4n) is 2.57. The van der Waals surface area contributed by atoms with Gasteiger partial charge in [0.25, 0.3) is 0 Å². The van der Waals surface area contributed by atoms with Gasteiger partial charge in [-0.3, -0.25) is 4.57 Å². The molecular weight excluding hydrogens is 262 g/mol. The number of hydrogen-bond donors (Lipinski definition) is 1. The minimum Gasteiger partial charge on any atom is -0.351 e. The third kappa shape index (κ3) is 2.56. The van der Waals surface area contributed by atoms with Crippen LogP contribution in [0.1, 0.15) is 20.8 Å². The first-order chi connectivity index (χ1) is 9.44. The molecule has 2 unspecified atom stereocenters. The predicted octanol–water partition coefficient (Wildman–Crippen LogP) is 0.551. The summed E-state index contributed by atoms with van der Waals surface area (Å²) in [6, 6.07) is 1.76. The van der Waals surface area contributed by atoms with Gasteiger partial charge in [-0.1, -0.05) is 0 Å². The van der Waals surface area contributed by atoms with Crippen LogP contribution in [0.25, 0.3) is 0 Å². The summed E-state index contributed by atoms with van der Waals surface area (Å²) < 4.78 is 18.9. The Kier molecular flexibility index (Phi) is 3.27. The van der Waals surface area contributed by atoms with Gasteiger partial charge in [0, 0.05) is 6.20 Å². The van der Waals surface area contributed by atoms with E-state index in [9.17, 15) is 4.79 Å². The van der Waals surface area contributed by atoms with Crippen molar-refractivity contribution in [2.24, 2.45) is 0 Å². The Bertz CT molecular complexity index is 557. The standard InChI is InChI=1S/C13H19N3O4/c1-8-15-11-4-5-14-12(17)16(11)6-9(19-8)10-7-18-13(2,3)20-10/h4-5,8-10,15H,6-7H2,1-3H3/t8?,9-,10?/m1/s1. The smallest absolute Gasteiger partial charge is 0.349 e. The molecule has 0 bridgehead atoms. The van der Waals surface area contributed by atoms with Gasteiger partial charge in [-0.05, 0) is 26.8 Å². The summed E-state index contributed by atoms with van der Waals surface area (Å²) in [5.74, 6) is 0.0953. The largest absolute Gasteiger partial charge is 0.351 e. The molecule has 3 heterocycles. The first-order valence-electron chi connectivity index (χ1n) is 6.74. The zero-order valence-corrected chi connectivity index (χ0v) is 11.8. The van der Waals surface area contributed by atoms with E-state index >= 15 is 0 Å². The monoisotopic (exact) mass is 281 g/mol. The highest BCUT2D eigenvalue weighted by atomic mass is 16.7. The number of aromatic nitrogens is 2. The Balaban J connectivity index is 1.87. The van der Waals surface area contributed by atoms with Gasteiger partial charge in [0.1, 0.15) is 24.3 Å². The van der Waals surface area contributed by atoms with Crippen LogP contribution in [-0.2, 0) is 20.8 Å². The second kappa shape index (κ2) is 4.83. The van der Waals surface area contributed by atoms with Crippen LogP contribution >= 0.6 is 0 Å². The molecule has 110 valence electrons. The van der Waals surface area contributed by atoms with E-state index in [4.69, 9.17) is 14.2 Å². The molecular formula is C13H19N3O4. The molecule has 3 atom stereocenters. The van der Waals surface area contributed by atoms with Gasteiger partial charge in [0.2, 0.25) is 0 Å². The molecule has 0 aliphatic carbocycles. The van der Waals surface area contributed by atoms with Gasteiger partial charge >= 0.3 is 5.69 Å². The highest BCUT2D eigenvalue weighted by Crippen LogP contribution is 2.28. The fourth-order valence-corrected chi connectivity index (χ4v) is 2.57. The maximum atomic E-state index is 11.9. The second-order valence-corrected chi connectivity index (χ2v) is 5.55. The van der Waals surface area contributed by atoms with Gasteiger partial charge in [0.15, 0.2) is 5.79 Å². The molecule has 1 fully saturated rings. The number of anilines is 1. The lowest BCUT2D eigenvalue weighted by molar-refractivity contribution is -0.161. The molecule has 1 N–H and O–H groups in total. The first kappa shape index (κ1) is 13.5. The summed E-state index contributed by atoms with van der Waals surface area (Å²) in [4.78, 5) is 15.7. The van der Waals surface area contributed by atoms with Crippen LogP contribution < -0.4 is 11.0 Å². The van der Waals surface area contributed by atoms with Crippen LogP contribution in [0.5, 0.6) is 0 Å². The van der Waals surface area contributed by atoms with E-state index in [0.717, 1.165) is 0 Å². The van der Waals surface area contributed by atoms with E-state index in [0.29, 0.717) is 19.0 Å². The number of fused-ring (bicyclic) bond motifs is 1. The van der Waals surface area contributed by atoms with Crippen LogP contribution in [0.2, 0.25) is 0 Å². The number of nitrogens with zero attached hydrogens (tertiary/aromatic N) is 2. The summed E-state index contributed by atoms with van der Waals surface area (Å²) in [7, 11) is 0. The SMILES string of the molecule is CC1Nc2ccnc(=O)n2C[C@H](C2COC(C)(C)O2)O1. The van der Waals surface area contributed by atoms with Crippen molar-refractivity contribution in [3.8, 4) is 0 Å². The van der Waals surface area contributed by atoms with E-state index in [1.165, 1.54) is 6.20 Å². The van der Waals surface area contributed by atoms with Crippen LogP contribution in [0, 0.1) is 0 Å². The van der Waals surface area contributed by atoms with Crippen molar-refractivity contribution in [2.45, 2.75) is 51.5 Å². The molecule has 1 saturated heterocycles. The van der Waals surface area contributed by atoms with Crippen molar-refractivity contribution in [2.75, 3.05) is 11.9 Å². The lowest BCUT2D eigenvalue weighted by atomic mass is 10.2. The van der Waals surface area contributed by atoms with Crippen LogP contribution in [0.4, 0.5) is 5.82 Å². The molecule has 7 nitrogen and oxygen atoms in total. The van der Waals surface area contributed by atoms with Crippen molar-refractivity contribution in [3.63, 3.8) is 0 Å². The second-order valence-electron chi connectivity index (χ2n) is 5.55. The van der Waals surface area contributed by atoms with Crippen LogP contribution in [-0.4, -0.2) is 40.4 Å². The van der Waals surface area contributed by atoms with Gasteiger partial charge in [-0.25, -0.2) is 9.78 Å². The molecule has 3 rings (SSSR count). The van der Waals surface area contributed by atoms with E-state index in [1.54, 1.807) is 10.6 Å². The summed E-state index contributed by atoms with van der Waals surface area (Å²) >= 11 is 0. The van der Waals surface area contributed by atoms with Crippen molar-refractivity contribution in [1.29, 1.82) is 0 Å². The average Bonchev–Trinajstić information content (AvgIpc) is 2.63. The molecule has 0 spiro atoms. The van der Waals surface area contributed by atoms with E-state index in [1.807, 2.05) is 20.8 Å². The number of nitrogens with one attached hydrogen (secondary N) is 1. The van der Waals surface area contributed by atoms with Gasteiger partial charge in [-0.2, -0.15) is 0 Å². The summed E-state index contributed by atoms with van der Waals surface area (Å²) in [6.45, 7) is 6.48. The summed E-state index contributed by atoms with van der Waals surface area (Å²) in [5.41, 5.74) is -0.295. The maximum absolute atomic E-state index is 11.9. The molecule has 0 amide bonds. The number of hydrogen-bond acceptors (Lipinski definition) is 6. The maximum Gasteiger partial charge on any atom is 0.349 e. The van der Waals surface area contributed by atoms with Crippen LogP contribution in [0.3, 0.4) is 0 Å². The van der Waals surface area contributed by atoms with Crippen LogP contribution in [0.15, 0.2) is 17.1 Å². The Labute approximate surface area is 116 Å². The summed E-state index contributed by atoms with van der Waals surface area (Å²) in [5, 5.41) is 3.14. The molecule has 0 saturated carbocycles. The topological polar surface area (TPSA) is 74.6 Å². The third-order valence-corrected chi connectivity index (χ3v) is 3.48. The van der Waals surface area contributed by atoms with Crippen molar-refractivity contribution < 1.29 is 14.2 Å². The molecule has 2 aliphatic heterocycles. The highest BCUT2D eigenvalue weighted by Gasteiger charge is 2.39. The number of ether oxygens (including phenoxy) is 3. The quantitative estimate of drug-likeness (QED) is 0.810. The first-order valence-corrected chi connectivity index (χ1v) is 6.74. The Morgan fingerprint density at radius 1 is 1.45 bits per heavy atom. The average molecular weight is 281 g/mol. The van der Waals surface area contributed by atoms with Gasteiger partial charge < -0.3 is 19.5 Å². The predicted molar refractivity (Wildman–Crippen MR) is 71.4 cm³/mol. The molecule has 7 heteroatoms. The Morgan fingerprint density at radius 2 is 2.25 bits per heavy atom. The summed E-state index contributed by atoms with van der Waals surface area (Å²) in [6.07, 6.45) is 0.810. The zero-order valence-electron chi connectivity index (χ0n) is 11.8. The minimum atomic E-state index is -0.611. The van der Waals surface area contributed by atoms with Crippen molar-refractivity contribution >= 4 is 5.82 Å². The van der Waals surface area contributed by atoms with Crippen molar-refractivity contribution in [1.82, 2.24) is 9.55 Å². The Hall–Kier alpha value is -1.44. The van der Waals surface area contributed by atoms with Crippen molar-refractivity contribution in [3.05, 3.63) is 22.7 Å². The molecule has 1 aromatic heterocycles. The molecule has 0 aromatic carbocycles.